The zero-order valence-electron chi connectivity index (χ0n) is 4.76. The molecule has 7 heteroatoms. The smallest absolute Gasteiger partial charge is 0.395 e. The molecule has 0 bridgehead atoms. The largest absolute Gasteiger partial charge is 0.561 e. The number of hydrogen-bond acceptors (Lipinski definition) is 5. The Bertz CT molecular complexity index is 199. The first kappa shape index (κ1) is 6.75. The van der Waals surface area contributed by atoms with Crippen molar-refractivity contribution in [2.45, 2.75) is 6.10 Å². The summed E-state index contributed by atoms with van der Waals surface area (Å²) in [5.41, 5.74) is 0. The van der Waals surface area contributed by atoms with Gasteiger partial charge in [0.2, 0.25) is 6.10 Å². The van der Waals surface area contributed by atoms with Crippen LogP contribution in [0.4, 0.5) is 0 Å². The van der Waals surface area contributed by atoms with Crippen molar-refractivity contribution in [2.24, 2.45) is 0 Å². The highest BCUT2D eigenvalue weighted by Crippen LogP contribution is 2.00. The Morgan fingerprint density at radius 3 is 2.70 bits per heavy atom. The quantitative estimate of drug-likeness (QED) is 0.255. The summed E-state index contributed by atoms with van der Waals surface area (Å²) >= 11 is 0. The van der Waals surface area contributed by atoms with Crippen LogP contribution in [0, 0.1) is 15.3 Å². The van der Waals surface area contributed by atoms with Gasteiger partial charge in [0.25, 0.3) is 0 Å². The Morgan fingerprint density at radius 1 is 1.90 bits per heavy atom. The molecule has 1 N–H and O–H groups in total. The fourth-order valence-electron chi connectivity index (χ4n) is 0.589. The van der Waals surface area contributed by atoms with Crippen LogP contribution in [-0.4, -0.2) is 33.5 Å². The van der Waals surface area contributed by atoms with Crippen molar-refractivity contribution in [1.82, 2.24) is 0 Å². The van der Waals surface area contributed by atoms with Crippen molar-refractivity contribution in [2.75, 3.05) is 6.61 Å². The van der Waals surface area contributed by atoms with E-state index in [2.05, 4.69) is 4.84 Å². The van der Waals surface area contributed by atoms with Crippen molar-refractivity contribution in [3.05, 3.63) is 15.3 Å². The zero-order chi connectivity index (χ0) is 7.72. The monoisotopic (exact) mass is 148 g/mol. The van der Waals surface area contributed by atoms with Crippen molar-refractivity contribution >= 4 is 5.84 Å². The molecule has 1 heterocycles. The molecule has 1 atom stereocenters. The first-order chi connectivity index (χ1) is 4.63. The van der Waals surface area contributed by atoms with Gasteiger partial charge in [-0.15, -0.1) is 0 Å². The fourth-order valence-corrected chi connectivity index (χ4v) is 0.589. The van der Waals surface area contributed by atoms with E-state index >= 15 is 0 Å². The molecule has 1 aliphatic heterocycles. The van der Waals surface area contributed by atoms with Gasteiger partial charge in [-0.25, -0.2) is 0 Å². The van der Waals surface area contributed by atoms with Crippen molar-refractivity contribution in [1.29, 1.82) is 0 Å². The van der Waals surface area contributed by atoms with Crippen LogP contribution in [0.15, 0.2) is 0 Å². The van der Waals surface area contributed by atoms with Gasteiger partial charge in [0.1, 0.15) is 9.83 Å². The van der Waals surface area contributed by atoms with E-state index in [-0.39, 0.29) is 11.5 Å². The lowest BCUT2D eigenvalue weighted by Gasteiger charge is -1.89. The Balaban J connectivity index is 2.88. The molecule has 0 radical (unpaired) electrons. The summed E-state index contributed by atoms with van der Waals surface area (Å²) in [7, 11) is 0. The molecule has 0 amide bonds. The van der Waals surface area contributed by atoms with Crippen LogP contribution >= 0.6 is 0 Å². The predicted molar refractivity (Wildman–Crippen MR) is 27.6 cm³/mol. The van der Waals surface area contributed by atoms with Gasteiger partial charge in [-0.05, 0) is 0 Å². The van der Waals surface area contributed by atoms with E-state index in [1.807, 2.05) is 0 Å². The summed E-state index contributed by atoms with van der Waals surface area (Å²) in [4.78, 5) is 12.7. The molecule has 10 heavy (non-hydrogen) atoms. The molecule has 1 rings (SSSR count). The summed E-state index contributed by atoms with van der Waals surface area (Å²) in [5.74, 6) is -0.861. The lowest BCUT2D eigenvalue weighted by atomic mass is 10.4. The van der Waals surface area contributed by atoms with Crippen molar-refractivity contribution < 1.29 is 19.8 Å². The van der Waals surface area contributed by atoms with Gasteiger partial charge in [0.15, 0.2) is 0 Å². The summed E-state index contributed by atoms with van der Waals surface area (Å²) in [6.07, 6.45) is -1.41. The predicted octanol–water partition coefficient (Wildman–Crippen LogP) is -1.52. The molecule has 7 nitrogen and oxygen atoms in total. The highest BCUT2D eigenvalue weighted by Gasteiger charge is 2.41. The van der Waals surface area contributed by atoms with Crippen LogP contribution < -0.4 is 0 Å². The number of aliphatic hydroxyl groups excluding tert-OH is 1. The summed E-state index contributed by atoms with van der Waals surface area (Å²) < 4.78 is 0. The average Bonchev–Trinajstić information content (AvgIpc) is 2.11. The maximum absolute atomic E-state index is 10.3. The molecule has 56 valence electrons. The number of rotatable bonds is 0. The van der Waals surface area contributed by atoms with E-state index < -0.39 is 16.9 Å². The lowest BCUT2D eigenvalue weighted by Crippen LogP contribution is -2.29. The number of nitrogens with zero attached hydrogens (tertiary/aromatic N) is 2. The zero-order valence-corrected chi connectivity index (χ0v) is 4.76. The molecule has 1 aliphatic rings. The Labute approximate surface area is 54.8 Å². The molecule has 0 aliphatic carbocycles. The highest BCUT2D eigenvalue weighted by atomic mass is 16.9. The second-order valence-electron chi connectivity index (χ2n) is 1.68. The third kappa shape index (κ3) is 0.860. The number of nitro groups is 1. The summed E-state index contributed by atoms with van der Waals surface area (Å²) in [5, 5.41) is 28.9. The maximum Gasteiger partial charge on any atom is 0.561 e. The molecular formula is C3H4N2O5. The van der Waals surface area contributed by atoms with Gasteiger partial charge in [-0.3, -0.25) is 15.3 Å². The first-order valence-electron chi connectivity index (χ1n) is 2.42. The topological polar surface area (TPSA) is 98.7 Å². The van der Waals surface area contributed by atoms with Crippen LogP contribution in [0.3, 0.4) is 0 Å². The second-order valence-corrected chi connectivity index (χ2v) is 1.68. The van der Waals surface area contributed by atoms with Crippen LogP contribution in [0.2, 0.25) is 0 Å². The van der Waals surface area contributed by atoms with Gasteiger partial charge < -0.3 is 9.94 Å². The number of aliphatic hydroxyl groups is 1. The maximum atomic E-state index is 10.3. The van der Waals surface area contributed by atoms with Gasteiger partial charge in [-0.1, -0.05) is 0 Å². The summed E-state index contributed by atoms with van der Waals surface area (Å²) in [6, 6.07) is 0. The van der Waals surface area contributed by atoms with E-state index in [0.29, 0.717) is 0 Å². The molecule has 0 aromatic heterocycles. The third-order valence-electron chi connectivity index (χ3n) is 1.02. The van der Waals surface area contributed by atoms with Gasteiger partial charge in [0.05, 0.1) is 6.61 Å². The molecule has 0 unspecified atom stereocenters. The standard InChI is InChI=1S/C3H4N2O5/c6-2-1-10-5(9)3(2)4(7)8/h2,6H,1H2/t2-/m1/s1. The molecule has 0 saturated heterocycles. The van der Waals surface area contributed by atoms with E-state index in [1.165, 1.54) is 0 Å². The highest BCUT2D eigenvalue weighted by molar-refractivity contribution is 5.74. The minimum Gasteiger partial charge on any atom is -0.395 e. The van der Waals surface area contributed by atoms with Crippen molar-refractivity contribution in [3.63, 3.8) is 0 Å². The van der Waals surface area contributed by atoms with Crippen molar-refractivity contribution in [3.8, 4) is 0 Å². The van der Waals surface area contributed by atoms with Gasteiger partial charge in [0, 0.05) is 0 Å². The molecule has 0 aromatic carbocycles. The molecular weight excluding hydrogens is 144 g/mol. The summed E-state index contributed by atoms with van der Waals surface area (Å²) in [6.45, 7) is -0.347. The first-order valence-corrected chi connectivity index (χ1v) is 2.42. The van der Waals surface area contributed by atoms with E-state index in [1.54, 1.807) is 0 Å². The Hall–Kier alpha value is -1.37. The molecule has 0 spiro atoms. The van der Waals surface area contributed by atoms with Crippen LogP contribution in [0.1, 0.15) is 0 Å². The van der Waals surface area contributed by atoms with Gasteiger partial charge >= 0.3 is 5.84 Å². The molecule has 0 saturated carbocycles. The number of amidine groups is 1. The molecule has 0 fully saturated rings. The Kier molecular flexibility index (Phi) is 1.42. The minimum absolute atomic E-state index is 0.287. The van der Waals surface area contributed by atoms with Crippen LogP contribution in [0.5, 0.6) is 0 Å². The SMILES string of the molecule is O=[N+]([O-])C1=[N+]([O-])OC[C@H]1O. The van der Waals surface area contributed by atoms with Gasteiger partial charge in [-0.2, -0.15) is 0 Å². The van der Waals surface area contributed by atoms with Crippen LogP contribution in [-0.2, 0) is 4.84 Å². The normalized spacial score (nSPS) is 24.7. The molecule has 0 aromatic rings. The third-order valence-corrected chi connectivity index (χ3v) is 1.02. The van der Waals surface area contributed by atoms with E-state index in [4.69, 9.17) is 5.11 Å². The van der Waals surface area contributed by atoms with Crippen LogP contribution in [0.25, 0.3) is 0 Å². The fraction of sp³-hybridized carbons (Fsp3) is 0.667. The number of hydrogen-bond donors (Lipinski definition) is 1. The van der Waals surface area contributed by atoms with E-state index in [0.717, 1.165) is 0 Å². The average molecular weight is 148 g/mol. The minimum atomic E-state index is -1.41. The lowest BCUT2D eigenvalue weighted by molar-refractivity contribution is -0.747. The Morgan fingerprint density at radius 2 is 2.50 bits per heavy atom. The van der Waals surface area contributed by atoms with E-state index in [9.17, 15) is 15.3 Å². The second kappa shape index (κ2) is 2.10.